The van der Waals surface area contributed by atoms with Gasteiger partial charge in [-0.3, -0.25) is 0 Å². The van der Waals surface area contributed by atoms with E-state index in [0.717, 1.165) is 77.2 Å². The average Bonchev–Trinajstić information content (AvgIpc) is 2.76. The van der Waals surface area contributed by atoms with Crippen LogP contribution in [0.1, 0.15) is 0 Å². The fraction of sp³-hybridized carbons (Fsp3) is 1.00. The minimum atomic E-state index is 0. The quantitative estimate of drug-likeness (QED) is 0.0860. The molecule has 0 aromatic carbocycles. The first-order valence-electron chi connectivity index (χ1n) is 17.3. The smallest absolute Gasteiger partial charge is 0.101 e. The summed E-state index contributed by atoms with van der Waals surface area (Å²) in [7, 11) is 43.1. The predicted molar refractivity (Wildman–Crippen MR) is 210 cm³/mol. The van der Waals surface area contributed by atoms with Crippen LogP contribution in [0.4, 0.5) is 0 Å². The average molecular weight is 977 g/mol. The number of quaternary nitrogens is 7. The summed E-state index contributed by atoms with van der Waals surface area (Å²) in [6.07, 6.45) is 0. The van der Waals surface area contributed by atoms with Gasteiger partial charge in [-0.2, -0.15) is 0 Å². The van der Waals surface area contributed by atoms with Crippen LogP contribution in [0.25, 0.3) is 0 Å². The summed E-state index contributed by atoms with van der Waals surface area (Å²) in [5.74, 6) is 0. The van der Waals surface area contributed by atoms with Crippen LogP contribution >= 0.6 is 0 Å². The molecule has 0 aliphatic rings. The van der Waals surface area contributed by atoms with E-state index in [1.807, 2.05) is 0 Å². The lowest BCUT2D eigenvalue weighted by Gasteiger charge is -2.21. The van der Waals surface area contributed by atoms with Gasteiger partial charge >= 0.3 is 0 Å². The number of aliphatic hydroxyl groups is 7. The number of nitrogens with zero attached hydrogens (tertiary/aromatic N) is 7. The third kappa shape index (κ3) is 190. The van der Waals surface area contributed by atoms with Crippen LogP contribution in [0.5, 0.6) is 0 Å². The van der Waals surface area contributed by atoms with Gasteiger partial charge in [0.25, 0.3) is 0 Å². The van der Waals surface area contributed by atoms with E-state index in [4.69, 9.17) is 35.7 Å². The number of likely N-dealkylation sites (N-methyl/N-ethyl adjacent to an activating group) is 7. The molecule has 364 valence electrons. The first kappa shape index (κ1) is 97.0. The Balaban J connectivity index is -0.0000000300. The number of rotatable bonds is 14. The number of hydrogen-bond donors (Lipinski definition) is 7. The Morgan fingerprint density at radius 3 is 0.232 bits per heavy atom. The lowest BCUT2D eigenvalue weighted by Crippen LogP contribution is -3.00. The van der Waals surface area contributed by atoms with Crippen LogP contribution in [-0.2, 0) is 0 Å². The van der Waals surface area contributed by atoms with E-state index in [1.54, 1.807) is 0 Å². The van der Waals surface area contributed by atoms with Crippen molar-refractivity contribution in [1.82, 2.24) is 0 Å². The van der Waals surface area contributed by atoms with Gasteiger partial charge < -0.3 is 154 Å². The van der Waals surface area contributed by atoms with Gasteiger partial charge in [-0.15, -0.1) is 0 Å². The second kappa shape index (κ2) is 52.6. The molecule has 0 saturated carbocycles. The van der Waals surface area contributed by atoms with Gasteiger partial charge in [0.1, 0.15) is 45.8 Å². The van der Waals surface area contributed by atoms with Crippen molar-refractivity contribution in [1.29, 1.82) is 0 Å². The van der Waals surface area contributed by atoms with E-state index in [2.05, 4.69) is 148 Å². The third-order valence-electron chi connectivity index (χ3n) is 5.40. The van der Waals surface area contributed by atoms with Crippen molar-refractivity contribution in [2.24, 2.45) is 0 Å². The molecule has 0 bridgehead atoms. The molecule has 0 fully saturated rings. The molecule has 14 nitrogen and oxygen atoms in total. The van der Waals surface area contributed by atoms with Gasteiger partial charge in [-0.05, 0) is 0 Å². The highest BCUT2D eigenvalue weighted by atomic mass is 35.5. The Hall–Kier alpha value is 1.47. The molecular weight excluding hydrogens is 879 g/mol. The fourth-order valence-electron chi connectivity index (χ4n) is 2.10. The van der Waals surface area contributed by atoms with Crippen LogP contribution in [0, 0.1) is 0 Å². The molecule has 56 heavy (non-hydrogen) atoms. The summed E-state index contributed by atoms with van der Waals surface area (Å²) in [6.45, 7) is 7.80. The highest BCUT2D eigenvalue weighted by Gasteiger charge is 2.05. The van der Waals surface area contributed by atoms with Gasteiger partial charge in [0, 0.05) is 0 Å². The van der Waals surface area contributed by atoms with Crippen molar-refractivity contribution in [3.8, 4) is 0 Å². The Kier molecular flexibility index (Phi) is 91.1. The van der Waals surface area contributed by atoms with Gasteiger partial charge in [0.2, 0.25) is 0 Å². The summed E-state index contributed by atoms with van der Waals surface area (Å²) in [4.78, 5) is 0. The van der Waals surface area contributed by atoms with Crippen molar-refractivity contribution in [3.05, 3.63) is 0 Å². The highest BCUT2D eigenvalue weighted by Crippen LogP contribution is 1.88. The summed E-state index contributed by atoms with van der Waals surface area (Å²) >= 11 is 0. The third-order valence-corrected chi connectivity index (χ3v) is 5.40. The van der Waals surface area contributed by atoms with Crippen molar-refractivity contribution in [3.63, 3.8) is 0 Å². The van der Waals surface area contributed by atoms with Crippen molar-refractivity contribution >= 4 is 0 Å². The van der Waals surface area contributed by atoms with Crippen molar-refractivity contribution < 1.29 is 154 Å². The second-order valence-electron chi connectivity index (χ2n) is 19.2. The maximum absolute atomic E-state index is 8.39. The molecule has 0 atom stereocenters. The van der Waals surface area contributed by atoms with Crippen LogP contribution in [0.2, 0.25) is 0 Å². The molecule has 0 heterocycles. The minimum Gasteiger partial charge on any atom is -1.00 e. The minimum absolute atomic E-state index is 0. The zero-order valence-corrected chi connectivity index (χ0v) is 45.1. The molecular formula is C35H98Cl7N7O7. The first-order chi connectivity index (χ1) is 21.4. The van der Waals surface area contributed by atoms with Gasteiger partial charge in [0.05, 0.1) is 194 Å². The van der Waals surface area contributed by atoms with E-state index in [1.165, 1.54) is 0 Å². The number of halogens is 7. The summed E-state index contributed by atoms with van der Waals surface area (Å²) in [5, 5.41) is 58.7. The molecule has 0 aliphatic carbocycles. The van der Waals surface area contributed by atoms with E-state index >= 15 is 0 Å². The molecule has 0 rings (SSSR count). The molecule has 0 saturated heterocycles. The first-order valence-corrected chi connectivity index (χ1v) is 17.3. The Morgan fingerprint density at radius 1 is 0.179 bits per heavy atom. The summed E-state index contributed by atoms with van der Waals surface area (Å²) in [5.41, 5.74) is 0. The summed E-state index contributed by atoms with van der Waals surface area (Å²) in [6, 6.07) is 0. The number of hydrogen-bond acceptors (Lipinski definition) is 7. The summed E-state index contributed by atoms with van der Waals surface area (Å²) < 4.78 is 5.91. The van der Waals surface area contributed by atoms with Crippen molar-refractivity contribution in [2.75, 3.05) is 240 Å². The molecule has 7 N–H and O–H groups in total. The molecule has 0 unspecified atom stereocenters. The molecule has 0 aromatic rings. The zero-order chi connectivity index (χ0) is 41.4. The van der Waals surface area contributed by atoms with E-state index in [-0.39, 0.29) is 133 Å². The molecule has 0 amide bonds. The largest absolute Gasteiger partial charge is 1.00 e. The SMILES string of the molecule is C[N+](C)(C)CCO.C[N+](C)(C)CCO.C[N+](C)(C)CCO.C[N+](C)(C)CCO.C[N+](C)(C)CCO.C[N+](C)(C)CCO.C[N+](C)(C)CCO.[Cl-].[Cl-].[Cl-].[Cl-].[Cl-].[Cl-].[Cl-]. The van der Waals surface area contributed by atoms with Crippen LogP contribution in [0.3, 0.4) is 0 Å². The highest BCUT2D eigenvalue weighted by molar-refractivity contribution is 4.22. The van der Waals surface area contributed by atoms with Crippen LogP contribution in [0.15, 0.2) is 0 Å². The van der Waals surface area contributed by atoms with E-state index in [9.17, 15) is 0 Å². The lowest BCUT2D eigenvalue weighted by atomic mass is 10.5. The lowest BCUT2D eigenvalue weighted by molar-refractivity contribution is -0.870. The van der Waals surface area contributed by atoms with Crippen LogP contribution < -0.4 is 86.8 Å². The monoisotopic (exact) mass is 974 g/mol. The fourth-order valence-corrected chi connectivity index (χ4v) is 2.10. The van der Waals surface area contributed by atoms with Crippen LogP contribution in [-0.4, -0.2) is 307 Å². The molecule has 0 radical (unpaired) electrons. The molecule has 0 spiro atoms. The van der Waals surface area contributed by atoms with E-state index in [0.29, 0.717) is 0 Å². The standard InChI is InChI=1S/7C5H14NO.7ClH/c7*1-6(2,3)4-5-7;;;;;;;/h7*7H,4-5H2,1-3H3;7*1H/q7*+1;;;;;;;/p-7. The topological polar surface area (TPSA) is 142 Å². The maximum atomic E-state index is 8.39. The second-order valence-corrected chi connectivity index (χ2v) is 19.2. The maximum Gasteiger partial charge on any atom is 0.101 e. The Labute approximate surface area is 392 Å². The van der Waals surface area contributed by atoms with Gasteiger partial charge in [-0.1, -0.05) is 0 Å². The van der Waals surface area contributed by atoms with Gasteiger partial charge in [0.15, 0.2) is 0 Å². The predicted octanol–water partition coefficient (Wildman–Crippen LogP) is -23.2. The van der Waals surface area contributed by atoms with Crippen molar-refractivity contribution in [2.45, 2.75) is 0 Å². The number of aliphatic hydroxyl groups excluding tert-OH is 7. The Bertz CT molecular complexity index is 513. The molecule has 21 heteroatoms. The zero-order valence-electron chi connectivity index (χ0n) is 39.8. The van der Waals surface area contributed by atoms with Gasteiger partial charge in [-0.25, -0.2) is 0 Å². The molecule has 0 aromatic heterocycles. The van der Waals surface area contributed by atoms with E-state index < -0.39 is 0 Å². The normalized spacial score (nSPS) is 10.5. The Morgan fingerprint density at radius 2 is 0.232 bits per heavy atom. The molecule has 0 aliphatic heterocycles.